The summed E-state index contributed by atoms with van der Waals surface area (Å²) in [6, 6.07) is -0.0935. The van der Waals surface area contributed by atoms with Crippen LogP contribution in [-0.2, 0) is 14.3 Å². The largest absolute Gasteiger partial charge is 0.481 e. The molecule has 0 fully saturated rings. The summed E-state index contributed by atoms with van der Waals surface area (Å²) in [5.41, 5.74) is 5.32. The van der Waals surface area contributed by atoms with E-state index in [0.717, 1.165) is 6.92 Å². The molecule has 0 aromatic heterocycles. The summed E-state index contributed by atoms with van der Waals surface area (Å²) in [4.78, 5) is 19.6. The van der Waals surface area contributed by atoms with Crippen LogP contribution in [0.2, 0.25) is 0 Å². The first-order valence-corrected chi connectivity index (χ1v) is 4.00. The summed E-state index contributed by atoms with van der Waals surface area (Å²) >= 11 is 0. The van der Waals surface area contributed by atoms with Crippen LogP contribution in [0.1, 0.15) is 27.2 Å². The van der Waals surface area contributed by atoms with Gasteiger partial charge in [0.25, 0.3) is 5.97 Å². The average molecular weight is 191 g/mol. The lowest BCUT2D eigenvalue weighted by molar-refractivity contribution is -0.143. The number of carbonyl (C=O) groups is 2. The van der Waals surface area contributed by atoms with Gasteiger partial charge in [0.2, 0.25) is 0 Å². The van der Waals surface area contributed by atoms with Crippen molar-refractivity contribution in [1.82, 2.24) is 0 Å². The van der Waals surface area contributed by atoms with Crippen molar-refractivity contribution in [3.8, 4) is 0 Å². The third kappa shape index (κ3) is 24.8. The van der Waals surface area contributed by atoms with Crippen molar-refractivity contribution in [2.24, 2.45) is 5.73 Å². The number of esters is 1. The van der Waals surface area contributed by atoms with Gasteiger partial charge < -0.3 is 15.6 Å². The van der Waals surface area contributed by atoms with E-state index in [9.17, 15) is 4.79 Å². The molecule has 0 heterocycles. The zero-order valence-electron chi connectivity index (χ0n) is 8.24. The molecule has 0 aromatic carbocycles. The highest BCUT2D eigenvalue weighted by Gasteiger charge is 2.03. The van der Waals surface area contributed by atoms with E-state index in [2.05, 4.69) is 4.74 Å². The second-order valence-electron chi connectivity index (χ2n) is 2.51. The number of ether oxygens (including phenoxy) is 1. The standard InChI is InChI=1S/C6H13NO2.C2H4O2/c1-3-9-6(8)4-5(2)7;1-2(3)4/h5H,3-4,7H2,1-2H3;1H3,(H,3,4). The van der Waals surface area contributed by atoms with Crippen LogP contribution in [0, 0.1) is 0 Å². The molecule has 0 aliphatic carbocycles. The number of nitrogens with two attached hydrogens (primary N) is 1. The van der Waals surface area contributed by atoms with Gasteiger partial charge in [-0.15, -0.1) is 0 Å². The second-order valence-corrected chi connectivity index (χ2v) is 2.51. The summed E-state index contributed by atoms with van der Waals surface area (Å²) in [7, 11) is 0. The summed E-state index contributed by atoms with van der Waals surface area (Å²) in [5.74, 6) is -1.05. The van der Waals surface area contributed by atoms with Crippen molar-refractivity contribution in [1.29, 1.82) is 0 Å². The molecule has 0 aliphatic rings. The van der Waals surface area contributed by atoms with Crippen molar-refractivity contribution in [3.63, 3.8) is 0 Å². The molecule has 1 unspecified atom stereocenters. The molecule has 0 rings (SSSR count). The number of carboxylic acid groups (broad SMARTS) is 1. The van der Waals surface area contributed by atoms with E-state index in [-0.39, 0.29) is 12.0 Å². The number of aliphatic carboxylic acids is 1. The van der Waals surface area contributed by atoms with Crippen molar-refractivity contribution in [3.05, 3.63) is 0 Å². The first-order chi connectivity index (χ1) is 5.90. The van der Waals surface area contributed by atoms with Crippen molar-refractivity contribution in [2.75, 3.05) is 6.61 Å². The molecular weight excluding hydrogens is 174 g/mol. The second kappa shape index (κ2) is 8.99. The Hall–Kier alpha value is -1.10. The molecule has 1 atom stereocenters. The topological polar surface area (TPSA) is 89.6 Å². The predicted octanol–water partition coefficient (Wildman–Crippen LogP) is 0.378. The molecule has 5 nitrogen and oxygen atoms in total. The minimum Gasteiger partial charge on any atom is -0.481 e. The zero-order chi connectivity index (χ0) is 10.9. The molecule has 5 heteroatoms. The maximum Gasteiger partial charge on any atom is 0.307 e. The Kier molecular flexibility index (Phi) is 9.98. The highest BCUT2D eigenvalue weighted by Crippen LogP contribution is 1.89. The van der Waals surface area contributed by atoms with Crippen LogP contribution in [0.4, 0.5) is 0 Å². The van der Waals surface area contributed by atoms with E-state index < -0.39 is 5.97 Å². The Morgan fingerprint density at radius 1 is 1.54 bits per heavy atom. The van der Waals surface area contributed by atoms with E-state index in [0.29, 0.717) is 13.0 Å². The van der Waals surface area contributed by atoms with Gasteiger partial charge in [-0.3, -0.25) is 9.59 Å². The maximum absolute atomic E-state index is 10.6. The summed E-state index contributed by atoms with van der Waals surface area (Å²) in [6.07, 6.45) is 0.313. The zero-order valence-corrected chi connectivity index (χ0v) is 8.24. The van der Waals surface area contributed by atoms with Crippen LogP contribution in [0.3, 0.4) is 0 Å². The highest BCUT2D eigenvalue weighted by molar-refractivity contribution is 5.69. The van der Waals surface area contributed by atoms with E-state index in [4.69, 9.17) is 15.6 Å². The Balaban J connectivity index is 0. The number of hydrogen-bond acceptors (Lipinski definition) is 4. The van der Waals surface area contributed by atoms with Gasteiger partial charge in [-0.2, -0.15) is 0 Å². The minimum absolute atomic E-state index is 0.0935. The quantitative estimate of drug-likeness (QED) is 0.629. The van der Waals surface area contributed by atoms with Crippen LogP contribution in [0.15, 0.2) is 0 Å². The highest BCUT2D eigenvalue weighted by atomic mass is 16.5. The number of carboxylic acids is 1. The molecule has 0 aliphatic heterocycles. The van der Waals surface area contributed by atoms with Gasteiger partial charge in [0.05, 0.1) is 13.0 Å². The molecule has 0 radical (unpaired) electrons. The Morgan fingerprint density at radius 2 is 1.92 bits per heavy atom. The van der Waals surface area contributed by atoms with Crippen LogP contribution in [0.5, 0.6) is 0 Å². The van der Waals surface area contributed by atoms with Gasteiger partial charge in [0.15, 0.2) is 0 Å². The third-order valence-electron chi connectivity index (χ3n) is 0.794. The van der Waals surface area contributed by atoms with Crippen LogP contribution in [-0.4, -0.2) is 29.7 Å². The molecule has 0 saturated heterocycles. The first-order valence-electron chi connectivity index (χ1n) is 4.00. The van der Waals surface area contributed by atoms with E-state index >= 15 is 0 Å². The van der Waals surface area contributed by atoms with Gasteiger partial charge in [0.1, 0.15) is 0 Å². The molecule has 3 N–H and O–H groups in total. The van der Waals surface area contributed by atoms with E-state index in [1.54, 1.807) is 13.8 Å². The summed E-state index contributed by atoms with van der Waals surface area (Å²) in [5, 5.41) is 7.42. The van der Waals surface area contributed by atoms with Crippen LogP contribution >= 0.6 is 0 Å². The van der Waals surface area contributed by atoms with Gasteiger partial charge in [0, 0.05) is 13.0 Å². The first kappa shape index (κ1) is 14.4. The van der Waals surface area contributed by atoms with Gasteiger partial charge >= 0.3 is 5.97 Å². The normalized spacial score (nSPS) is 10.8. The monoisotopic (exact) mass is 191 g/mol. The van der Waals surface area contributed by atoms with Gasteiger partial charge in [-0.1, -0.05) is 0 Å². The lowest BCUT2D eigenvalue weighted by Gasteiger charge is -2.02. The predicted molar refractivity (Wildman–Crippen MR) is 48.2 cm³/mol. The van der Waals surface area contributed by atoms with Crippen molar-refractivity contribution >= 4 is 11.9 Å². The molecule has 0 bridgehead atoms. The lowest BCUT2D eigenvalue weighted by atomic mass is 10.3. The minimum atomic E-state index is -0.833. The molecule has 0 aromatic rings. The van der Waals surface area contributed by atoms with Crippen LogP contribution in [0.25, 0.3) is 0 Å². The van der Waals surface area contributed by atoms with Crippen molar-refractivity contribution in [2.45, 2.75) is 33.2 Å². The van der Waals surface area contributed by atoms with Gasteiger partial charge in [-0.05, 0) is 13.8 Å². The number of hydrogen-bond donors (Lipinski definition) is 2. The molecule has 78 valence electrons. The average Bonchev–Trinajstić information content (AvgIpc) is 1.83. The van der Waals surface area contributed by atoms with E-state index in [1.807, 2.05) is 0 Å². The third-order valence-corrected chi connectivity index (χ3v) is 0.794. The molecule has 0 spiro atoms. The fraction of sp³-hybridized carbons (Fsp3) is 0.750. The Bertz CT molecular complexity index is 152. The maximum atomic E-state index is 10.6. The Morgan fingerprint density at radius 3 is 2.15 bits per heavy atom. The van der Waals surface area contributed by atoms with Gasteiger partial charge in [-0.25, -0.2) is 0 Å². The Labute approximate surface area is 77.9 Å². The number of carbonyl (C=O) groups excluding carboxylic acids is 1. The fourth-order valence-electron chi connectivity index (χ4n) is 0.483. The smallest absolute Gasteiger partial charge is 0.307 e. The van der Waals surface area contributed by atoms with Crippen LogP contribution < -0.4 is 5.73 Å². The summed E-state index contributed by atoms with van der Waals surface area (Å²) < 4.78 is 4.63. The fourth-order valence-corrected chi connectivity index (χ4v) is 0.483. The molecular formula is C8H17NO4. The SMILES string of the molecule is CC(=O)O.CCOC(=O)CC(C)N. The summed E-state index contributed by atoms with van der Waals surface area (Å²) in [6.45, 7) is 5.07. The van der Waals surface area contributed by atoms with E-state index in [1.165, 1.54) is 0 Å². The van der Waals surface area contributed by atoms with Crippen molar-refractivity contribution < 1.29 is 19.4 Å². The number of rotatable bonds is 3. The lowest BCUT2D eigenvalue weighted by Crippen LogP contribution is -2.20. The molecule has 13 heavy (non-hydrogen) atoms. The molecule has 0 saturated carbocycles. The molecule has 0 amide bonds.